The normalized spacial score (nSPS) is 11.8. The van der Waals surface area contributed by atoms with Crippen molar-refractivity contribution in [2.75, 3.05) is 0 Å². The number of aromatic nitrogens is 1. The van der Waals surface area contributed by atoms with Crippen LogP contribution in [-0.2, 0) is 0 Å². The Bertz CT molecular complexity index is 316. The molecule has 0 atom stereocenters. The fourth-order valence-corrected chi connectivity index (χ4v) is 1.34. The molecule has 0 unspecified atom stereocenters. The van der Waals surface area contributed by atoms with Crippen LogP contribution < -0.4 is 0 Å². The first-order chi connectivity index (χ1) is 6.17. The van der Waals surface area contributed by atoms with Gasteiger partial charge in [-0.1, -0.05) is 23.7 Å². The lowest BCUT2D eigenvalue weighted by Crippen LogP contribution is -2.03. The smallest absolute Gasteiger partial charge is 0.105 e. The Morgan fingerprint density at radius 3 is 2.77 bits per heavy atom. The second kappa shape index (κ2) is 4.23. The molecule has 70 valence electrons. The van der Waals surface area contributed by atoms with Gasteiger partial charge >= 0.3 is 0 Å². The summed E-state index contributed by atoms with van der Waals surface area (Å²) in [6, 6.07) is 3.45. The van der Waals surface area contributed by atoms with Crippen molar-refractivity contribution in [3.05, 3.63) is 28.5 Å². The van der Waals surface area contributed by atoms with Crippen LogP contribution in [0.25, 0.3) is 0 Å². The van der Waals surface area contributed by atoms with E-state index in [2.05, 4.69) is 10.1 Å². The first-order valence-corrected chi connectivity index (χ1v) is 4.40. The van der Waals surface area contributed by atoms with Gasteiger partial charge in [0, 0.05) is 10.7 Å². The van der Waals surface area contributed by atoms with Crippen LogP contribution in [0, 0.1) is 6.92 Å². The minimum Gasteiger partial charge on any atom is -0.411 e. The molecule has 4 heteroatoms. The average molecular weight is 199 g/mol. The van der Waals surface area contributed by atoms with Crippen LogP contribution in [0.4, 0.5) is 0 Å². The van der Waals surface area contributed by atoms with E-state index in [1.54, 1.807) is 12.1 Å². The maximum Gasteiger partial charge on any atom is 0.105 e. The lowest BCUT2D eigenvalue weighted by Gasteiger charge is -2.02. The molecule has 0 aliphatic heterocycles. The van der Waals surface area contributed by atoms with Gasteiger partial charge < -0.3 is 5.21 Å². The Morgan fingerprint density at radius 2 is 2.31 bits per heavy atom. The molecule has 1 heterocycles. The van der Waals surface area contributed by atoms with Gasteiger partial charge in [-0.15, -0.1) is 0 Å². The maximum absolute atomic E-state index is 8.67. The number of nitrogens with zero attached hydrogens (tertiary/aromatic N) is 2. The number of aryl methyl sites for hydroxylation is 1. The molecule has 1 aromatic rings. The first kappa shape index (κ1) is 9.99. The summed E-state index contributed by atoms with van der Waals surface area (Å²) < 4.78 is 0. The second-order valence-corrected chi connectivity index (χ2v) is 3.15. The van der Waals surface area contributed by atoms with Gasteiger partial charge in [-0.2, -0.15) is 0 Å². The van der Waals surface area contributed by atoms with Gasteiger partial charge in [-0.25, -0.2) is 0 Å². The predicted molar refractivity (Wildman–Crippen MR) is 52.6 cm³/mol. The molecular weight excluding hydrogens is 188 g/mol. The molecule has 0 spiro atoms. The first-order valence-electron chi connectivity index (χ1n) is 4.03. The number of rotatable bonds is 2. The highest BCUT2D eigenvalue weighted by Crippen LogP contribution is 2.12. The highest BCUT2D eigenvalue weighted by Gasteiger charge is 2.05. The summed E-state index contributed by atoms with van der Waals surface area (Å²) in [5.74, 6) is 0. The minimum atomic E-state index is 0.547. The largest absolute Gasteiger partial charge is 0.411 e. The topological polar surface area (TPSA) is 45.5 Å². The zero-order valence-electron chi connectivity index (χ0n) is 7.58. The van der Waals surface area contributed by atoms with Crippen LogP contribution >= 0.6 is 11.6 Å². The van der Waals surface area contributed by atoms with E-state index in [0.29, 0.717) is 22.8 Å². The Kier molecular flexibility index (Phi) is 3.25. The number of hydrogen-bond donors (Lipinski definition) is 1. The van der Waals surface area contributed by atoms with Crippen molar-refractivity contribution in [1.29, 1.82) is 0 Å². The summed E-state index contributed by atoms with van der Waals surface area (Å²) in [4.78, 5) is 4.20. The average Bonchev–Trinajstić information content (AvgIpc) is 2.04. The summed E-state index contributed by atoms with van der Waals surface area (Å²) in [7, 11) is 0. The van der Waals surface area contributed by atoms with E-state index >= 15 is 0 Å². The van der Waals surface area contributed by atoms with Gasteiger partial charge in [0.05, 0.1) is 5.69 Å². The SMILES string of the molecule is CCC(=NO)c1cc(Cl)cc(C)n1. The zero-order chi connectivity index (χ0) is 9.84. The van der Waals surface area contributed by atoms with E-state index in [-0.39, 0.29) is 0 Å². The third kappa shape index (κ3) is 2.42. The lowest BCUT2D eigenvalue weighted by atomic mass is 10.2. The van der Waals surface area contributed by atoms with E-state index in [1.807, 2.05) is 13.8 Å². The second-order valence-electron chi connectivity index (χ2n) is 2.71. The van der Waals surface area contributed by atoms with Crippen molar-refractivity contribution >= 4 is 17.3 Å². The summed E-state index contributed by atoms with van der Waals surface area (Å²) >= 11 is 5.83. The van der Waals surface area contributed by atoms with E-state index in [0.717, 1.165) is 5.69 Å². The summed E-state index contributed by atoms with van der Waals surface area (Å²) in [6.45, 7) is 3.74. The third-order valence-corrected chi connectivity index (χ3v) is 1.89. The monoisotopic (exact) mass is 198 g/mol. The number of oxime groups is 1. The molecule has 1 aromatic heterocycles. The molecule has 1 N–H and O–H groups in total. The van der Waals surface area contributed by atoms with Crippen molar-refractivity contribution in [2.45, 2.75) is 20.3 Å². The van der Waals surface area contributed by atoms with Crippen molar-refractivity contribution in [3.8, 4) is 0 Å². The number of pyridine rings is 1. The van der Waals surface area contributed by atoms with Gasteiger partial charge in [0.25, 0.3) is 0 Å². The molecule has 0 saturated heterocycles. The third-order valence-electron chi connectivity index (χ3n) is 1.67. The van der Waals surface area contributed by atoms with Crippen LogP contribution in [0.2, 0.25) is 5.02 Å². The van der Waals surface area contributed by atoms with E-state index in [9.17, 15) is 0 Å². The Hall–Kier alpha value is -1.09. The van der Waals surface area contributed by atoms with Gasteiger partial charge in [0.15, 0.2) is 0 Å². The standard InChI is InChI=1S/C9H11ClN2O/c1-3-8(12-13)9-5-7(10)4-6(2)11-9/h4-5,13H,3H2,1-2H3. The summed E-state index contributed by atoms with van der Waals surface area (Å²) in [5.41, 5.74) is 2.00. The molecule has 3 nitrogen and oxygen atoms in total. The highest BCUT2D eigenvalue weighted by atomic mass is 35.5. The van der Waals surface area contributed by atoms with Crippen LogP contribution in [-0.4, -0.2) is 15.9 Å². The van der Waals surface area contributed by atoms with Gasteiger partial charge in [0.2, 0.25) is 0 Å². The fourth-order valence-electron chi connectivity index (χ4n) is 1.08. The van der Waals surface area contributed by atoms with E-state index < -0.39 is 0 Å². The van der Waals surface area contributed by atoms with Gasteiger partial charge in [-0.3, -0.25) is 4.98 Å². The molecule has 0 bridgehead atoms. The maximum atomic E-state index is 8.67. The molecular formula is C9H11ClN2O. The Labute approximate surface area is 82.1 Å². The number of halogens is 1. The number of hydrogen-bond acceptors (Lipinski definition) is 3. The van der Waals surface area contributed by atoms with Crippen LogP contribution in [0.5, 0.6) is 0 Å². The predicted octanol–water partition coefficient (Wildman–Crippen LogP) is 2.63. The lowest BCUT2D eigenvalue weighted by molar-refractivity contribution is 0.318. The molecule has 0 aromatic carbocycles. The van der Waals surface area contributed by atoms with Crippen molar-refractivity contribution in [2.24, 2.45) is 5.16 Å². The quantitative estimate of drug-likeness (QED) is 0.451. The van der Waals surface area contributed by atoms with E-state index in [1.165, 1.54) is 0 Å². The van der Waals surface area contributed by atoms with Crippen molar-refractivity contribution < 1.29 is 5.21 Å². The minimum absolute atomic E-state index is 0.547. The van der Waals surface area contributed by atoms with Gasteiger partial charge in [-0.05, 0) is 25.5 Å². The molecule has 0 amide bonds. The molecule has 0 fully saturated rings. The molecule has 0 aliphatic rings. The molecule has 0 radical (unpaired) electrons. The fraction of sp³-hybridized carbons (Fsp3) is 0.333. The van der Waals surface area contributed by atoms with Crippen LogP contribution in [0.3, 0.4) is 0 Å². The summed E-state index contributed by atoms with van der Waals surface area (Å²) in [6.07, 6.45) is 0.628. The molecule has 0 aliphatic carbocycles. The van der Waals surface area contributed by atoms with Crippen molar-refractivity contribution in [1.82, 2.24) is 4.98 Å². The van der Waals surface area contributed by atoms with E-state index in [4.69, 9.17) is 16.8 Å². The zero-order valence-corrected chi connectivity index (χ0v) is 8.34. The molecule has 1 rings (SSSR count). The van der Waals surface area contributed by atoms with Gasteiger partial charge in [0.1, 0.15) is 5.71 Å². The Balaban J connectivity index is 3.14. The molecule has 13 heavy (non-hydrogen) atoms. The van der Waals surface area contributed by atoms with Crippen LogP contribution in [0.1, 0.15) is 24.7 Å². The Morgan fingerprint density at radius 1 is 1.62 bits per heavy atom. The summed E-state index contributed by atoms with van der Waals surface area (Å²) in [5, 5.41) is 12.4. The van der Waals surface area contributed by atoms with Crippen molar-refractivity contribution in [3.63, 3.8) is 0 Å². The van der Waals surface area contributed by atoms with Crippen LogP contribution in [0.15, 0.2) is 17.3 Å². The highest BCUT2D eigenvalue weighted by molar-refractivity contribution is 6.31. The molecule has 0 saturated carbocycles.